The van der Waals surface area contributed by atoms with Gasteiger partial charge in [-0.15, -0.1) is 0 Å². The summed E-state index contributed by atoms with van der Waals surface area (Å²) in [6.07, 6.45) is 1.58. The van der Waals surface area contributed by atoms with Crippen molar-refractivity contribution >= 4 is 5.91 Å². The number of carbonyl (C=O) groups excluding carboxylic acids is 1. The van der Waals surface area contributed by atoms with Crippen LogP contribution in [0.15, 0.2) is 30.5 Å². The number of pyridine rings is 1. The summed E-state index contributed by atoms with van der Waals surface area (Å²) in [5.74, 6) is -5.08. The second-order valence-electron chi connectivity index (χ2n) is 4.24. The molecular weight excluding hydrogens is 269 g/mol. The molecule has 3 nitrogen and oxygen atoms in total. The van der Waals surface area contributed by atoms with Crippen molar-refractivity contribution in [3.63, 3.8) is 0 Å². The van der Waals surface area contributed by atoms with E-state index in [1.54, 1.807) is 18.3 Å². The van der Waals surface area contributed by atoms with Crippen molar-refractivity contribution in [1.29, 1.82) is 0 Å². The molecule has 1 aromatic carbocycles. The highest BCUT2D eigenvalue weighted by Gasteiger charge is 2.14. The third-order valence-electron chi connectivity index (χ3n) is 2.67. The number of rotatable bonds is 3. The van der Waals surface area contributed by atoms with E-state index in [1.807, 2.05) is 6.92 Å². The molecule has 0 saturated heterocycles. The number of carbonyl (C=O) groups is 1. The van der Waals surface area contributed by atoms with E-state index in [9.17, 15) is 18.0 Å². The minimum atomic E-state index is -1.59. The molecular formula is C14H11F3N2O. The highest BCUT2D eigenvalue weighted by molar-refractivity contribution is 5.94. The molecule has 6 heteroatoms. The molecule has 0 fully saturated rings. The second kappa shape index (κ2) is 5.73. The van der Waals surface area contributed by atoms with Gasteiger partial charge in [-0.2, -0.15) is 0 Å². The zero-order valence-corrected chi connectivity index (χ0v) is 10.6. The maximum absolute atomic E-state index is 13.0. The molecule has 0 spiro atoms. The summed E-state index contributed by atoms with van der Waals surface area (Å²) in [7, 11) is 0. The molecule has 0 radical (unpaired) electrons. The highest BCUT2D eigenvalue weighted by atomic mass is 19.2. The molecule has 104 valence electrons. The average molecular weight is 280 g/mol. The fourth-order valence-electron chi connectivity index (χ4n) is 1.57. The number of nitrogens with one attached hydrogen (secondary N) is 1. The Morgan fingerprint density at radius 1 is 1.20 bits per heavy atom. The Bertz CT molecular complexity index is 618. The maximum Gasteiger partial charge on any atom is 0.251 e. The zero-order valence-electron chi connectivity index (χ0n) is 10.6. The molecule has 20 heavy (non-hydrogen) atoms. The number of hydrogen-bond acceptors (Lipinski definition) is 2. The van der Waals surface area contributed by atoms with Crippen LogP contribution in [0.25, 0.3) is 0 Å². The van der Waals surface area contributed by atoms with E-state index in [-0.39, 0.29) is 12.1 Å². The molecule has 1 N–H and O–H groups in total. The second-order valence-corrected chi connectivity index (χ2v) is 4.24. The summed E-state index contributed by atoms with van der Waals surface area (Å²) in [6, 6.07) is 4.86. The smallest absolute Gasteiger partial charge is 0.251 e. The normalized spacial score (nSPS) is 10.4. The van der Waals surface area contributed by atoms with Gasteiger partial charge in [-0.25, -0.2) is 13.2 Å². The van der Waals surface area contributed by atoms with Crippen LogP contribution in [0, 0.1) is 24.4 Å². The van der Waals surface area contributed by atoms with Crippen molar-refractivity contribution in [3.8, 4) is 0 Å². The first-order valence-electron chi connectivity index (χ1n) is 5.81. The Labute approximate surface area is 113 Å². The van der Waals surface area contributed by atoms with E-state index in [0.717, 1.165) is 11.3 Å². The molecule has 2 rings (SSSR count). The van der Waals surface area contributed by atoms with Crippen molar-refractivity contribution in [3.05, 3.63) is 64.7 Å². The van der Waals surface area contributed by atoms with Gasteiger partial charge in [-0.1, -0.05) is 6.07 Å². The Kier molecular flexibility index (Phi) is 4.02. The molecule has 0 aliphatic carbocycles. The Morgan fingerprint density at radius 3 is 2.40 bits per heavy atom. The van der Waals surface area contributed by atoms with E-state index in [2.05, 4.69) is 10.3 Å². The molecule has 0 aliphatic rings. The lowest BCUT2D eigenvalue weighted by Crippen LogP contribution is -2.23. The fourth-order valence-corrected chi connectivity index (χ4v) is 1.57. The van der Waals surface area contributed by atoms with Crippen LogP contribution in [0.2, 0.25) is 0 Å². The molecule has 0 bridgehead atoms. The zero-order chi connectivity index (χ0) is 14.7. The highest BCUT2D eigenvalue weighted by Crippen LogP contribution is 2.13. The Morgan fingerprint density at radius 2 is 1.85 bits per heavy atom. The number of halogens is 3. The molecule has 1 amide bonds. The average Bonchev–Trinajstić information content (AvgIpc) is 2.43. The van der Waals surface area contributed by atoms with Gasteiger partial charge >= 0.3 is 0 Å². The minimum Gasteiger partial charge on any atom is -0.348 e. The van der Waals surface area contributed by atoms with E-state index in [4.69, 9.17) is 0 Å². The van der Waals surface area contributed by atoms with E-state index in [1.165, 1.54) is 0 Å². The van der Waals surface area contributed by atoms with E-state index in [0.29, 0.717) is 12.1 Å². The van der Waals surface area contributed by atoms with Crippen LogP contribution >= 0.6 is 0 Å². The van der Waals surface area contributed by atoms with Crippen molar-refractivity contribution < 1.29 is 18.0 Å². The van der Waals surface area contributed by atoms with Crippen molar-refractivity contribution in [1.82, 2.24) is 10.3 Å². The molecule has 0 saturated carbocycles. The number of amides is 1. The van der Waals surface area contributed by atoms with Gasteiger partial charge in [0.15, 0.2) is 17.5 Å². The summed E-state index contributed by atoms with van der Waals surface area (Å²) in [6.45, 7) is 1.99. The predicted octanol–water partition coefficient (Wildman–Crippen LogP) is 2.74. The number of aryl methyl sites for hydroxylation is 1. The largest absolute Gasteiger partial charge is 0.348 e. The number of nitrogens with zero attached hydrogens (tertiary/aromatic N) is 1. The van der Waals surface area contributed by atoms with E-state index >= 15 is 0 Å². The molecule has 2 aromatic rings. The summed E-state index contributed by atoms with van der Waals surface area (Å²) in [4.78, 5) is 15.8. The summed E-state index contributed by atoms with van der Waals surface area (Å²) in [5.41, 5.74) is 1.30. The van der Waals surface area contributed by atoms with Crippen LogP contribution in [-0.2, 0) is 6.54 Å². The summed E-state index contributed by atoms with van der Waals surface area (Å²) >= 11 is 0. The van der Waals surface area contributed by atoms with Crippen molar-refractivity contribution in [2.24, 2.45) is 0 Å². The first-order chi connectivity index (χ1) is 9.47. The van der Waals surface area contributed by atoms with Crippen LogP contribution in [0.1, 0.15) is 21.6 Å². The summed E-state index contributed by atoms with van der Waals surface area (Å²) < 4.78 is 38.8. The lowest BCUT2D eigenvalue weighted by Gasteiger charge is -2.06. The minimum absolute atomic E-state index is 0.159. The maximum atomic E-state index is 13.0. The van der Waals surface area contributed by atoms with Gasteiger partial charge in [0.1, 0.15) is 0 Å². The Balaban J connectivity index is 2.07. The number of aromatic nitrogens is 1. The first-order valence-corrected chi connectivity index (χ1v) is 5.81. The van der Waals surface area contributed by atoms with Gasteiger partial charge in [-0.05, 0) is 30.7 Å². The molecule has 0 atom stereocenters. The molecule has 1 aromatic heterocycles. The van der Waals surface area contributed by atoms with Gasteiger partial charge in [-0.3, -0.25) is 9.78 Å². The van der Waals surface area contributed by atoms with Crippen LogP contribution in [0.3, 0.4) is 0 Å². The number of hydrogen-bond donors (Lipinski definition) is 1. The van der Waals surface area contributed by atoms with Crippen molar-refractivity contribution in [2.45, 2.75) is 13.5 Å². The van der Waals surface area contributed by atoms with Crippen molar-refractivity contribution in [2.75, 3.05) is 0 Å². The van der Waals surface area contributed by atoms with Crippen LogP contribution in [0.4, 0.5) is 13.2 Å². The van der Waals surface area contributed by atoms with Crippen LogP contribution < -0.4 is 5.32 Å². The number of benzene rings is 1. The standard InChI is InChI=1S/C14H11F3N2O/c1-8-2-3-9(6-18-8)7-19-14(20)10-4-11(15)13(17)12(16)5-10/h2-6H,7H2,1H3,(H,19,20). The van der Waals surface area contributed by atoms with Gasteiger partial charge < -0.3 is 5.32 Å². The Hall–Kier alpha value is -2.37. The SMILES string of the molecule is Cc1ccc(CNC(=O)c2cc(F)c(F)c(F)c2)cn1. The van der Waals surface area contributed by atoms with Gasteiger partial charge in [0.05, 0.1) is 0 Å². The van der Waals surface area contributed by atoms with Gasteiger partial charge in [0.25, 0.3) is 5.91 Å². The van der Waals surface area contributed by atoms with Crippen LogP contribution in [-0.4, -0.2) is 10.9 Å². The third-order valence-corrected chi connectivity index (χ3v) is 2.67. The van der Waals surface area contributed by atoms with E-state index < -0.39 is 23.4 Å². The summed E-state index contributed by atoms with van der Waals surface area (Å²) in [5, 5.41) is 2.47. The first kappa shape index (κ1) is 14.0. The molecule has 1 heterocycles. The van der Waals surface area contributed by atoms with Gasteiger partial charge in [0, 0.05) is 24.0 Å². The topological polar surface area (TPSA) is 42.0 Å². The van der Waals surface area contributed by atoms with Crippen LogP contribution in [0.5, 0.6) is 0 Å². The predicted molar refractivity (Wildman–Crippen MR) is 66.5 cm³/mol. The lowest BCUT2D eigenvalue weighted by molar-refractivity contribution is 0.0949. The molecule has 0 unspecified atom stereocenters. The third kappa shape index (κ3) is 3.14. The molecule has 0 aliphatic heterocycles. The fraction of sp³-hybridized carbons (Fsp3) is 0.143. The lowest BCUT2D eigenvalue weighted by atomic mass is 10.2. The van der Waals surface area contributed by atoms with Gasteiger partial charge in [0.2, 0.25) is 0 Å². The monoisotopic (exact) mass is 280 g/mol. The quantitative estimate of drug-likeness (QED) is 0.878.